The molecule has 0 saturated heterocycles. The largest absolute Gasteiger partial charge is 0.391 e. The van der Waals surface area contributed by atoms with Gasteiger partial charge in [0.1, 0.15) is 5.82 Å². The van der Waals surface area contributed by atoms with Crippen molar-refractivity contribution in [3.05, 3.63) is 63.8 Å². The van der Waals surface area contributed by atoms with Gasteiger partial charge in [0.2, 0.25) is 0 Å². The molecule has 0 aliphatic heterocycles. The van der Waals surface area contributed by atoms with Crippen molar-refractivity contribution in [1.29, 1.82) is 0 Å². The van der Waals surface area contributed by atoms with Gasteiger partial charge >= 0.3 is 0 Å². The lowest BCUT2D eigenvalue weighted by Crippen LogP contribution is -2.28. The first-order chi connectivity index (χ1) is 9.63. The molecule has 0 aliphatic carbocycles. The van der Waals surface area contributed by atoms with Crippen LogP contribution in [-0.2, 0) is 13.0 Å². The Hall–Kier alpha value is -2.05. The average Bonchev–Trinajstić information content (AvgIpc) is 2.41. The standard InChI is InChI=1S/C14H16FN3O2/c15-11-3-1-2-10(6-11)7-13(19)9-16-8-12-4-5-14(20)18-17-12/h1-6,13,16,19H,7-9H2,(H,18,20). The molecule has 0 fully saturated rings. The molecule has 2 aromatic rings. The van der Waals surface area contributed by atoms with Crippen LogP contribution in [0.15, 0.2) is 41.2 Å². The number of H-pyrrole nitrogens is 1. The number of rotatable bonds is 6. The van der Waals surface area contributed by atoms with E-state index in [-0.39, 0.29) is 11.4 Å². The van der Waals surface area contributed by atoms with Crippen molar-refractivity contribution in [3.63, 3.8) is 0 Å². The Morgan fingerprint density at radius 1 is 1.35 bits per heavy atom. The third kappa shape index (κ3) is 4.56. The van der Waals surface area contributed by atoms with E-state index >= 15 is 0 Å². The number of aliphatic hydroxyl groups is 1. The fourth-order valence-electron chi connectivity index (χ4n) is 1.85. The monoisotopic (exact) mass is 277 g/mol. The average molecular weight is 277 g/mol. The summed E-state index contributed by atoms with van der Waals surface area (Å²) in [5.74, 6) is -0.305. The Morgan fingerprint density at radius 2 is 2.20 bits per heavy atom. The predicted octanol–water partition coefficient (Wildman–Crippen LogP) is 0.602. The highest BCUT2D eigenvalue weighted by Gasteiger charge is 2.06. The van der Waals surface area contributed by atoms with Crippen molar-refractivity contribution >= 4 is 0 Å². The SMILES string of the molecule is O=c1ccc(CNCC(O)Cc2cccc(F)c2)n[nH]1. The molecular formula is C14H16FN3O2. The molecule has 3 N–H and O–H groups in total. The van der Waals surface area contributed by atoms with Gasteiger partial charge in [-0.3, -0.25) is 4.79 Å². The van der Waals surface area contributed by atoms with E-state index in [9.17, 15) is 14.3 Å². The lowest BCUT2D eigenvalue weighted by atomic mass is 10.1. The third-order valence-corrected chi connectivity index (χ3v) is 2.78. The van der Waals surface area contributed by atoms with E-state index in [1.54, 1.807) is 18.2 Å². The van der Waals surface area contributed by atoms with Crippen molar-refractivity contribution in [3.8, 4) is 0 Å². The Labute approximate surface area is 115 Å². The number of hydrogen-bond donors (Lipinski definition) is 3. The number of nitrogens with zero attached hydrogens (tertiary/aromatic N) is 1. The van der Waals surface area contributed by atoms with Gasteiger partial charge in [0.15, 0.2) is 0 Å². The maximum absolute atomic E-state index is 13.0. The summed E-state index contributed by atoms with van der Waals surface area (Å²) in [6, 6.07) is 9.19. The van der Waals surface area contributed by atoms with E-state index in [0.717, 1.165) is 5.56 Å². The van der Waals surface area contributed by atoms with E-state index < -0.39 is 6.10 Å². The summed E-state index contributed by atoms with van der Waals surface area (Å²) in [5, 5.41) is 19.1. The topological polar surface area (TPSA) is 78.0 Å². The maximum atomic E-state index is 13.0. The summed E-state index contributed by atoms with van der Waals surface area (Å²) in [6.07, 6.45) is -0.233. The van der Waals surface area contributed by atoms with Gasteiger partial charge in [-0.1, -0.05) is 12.1 Å². The number of halogens is 1. The minimum atomic E-state index is -0.612. The quantitative estimate of drug-likeness (QED) is 0.722. The Balaban J connectivity index is 1.76. The molecule has 1 atom stereocenters. The number of nitrogens with one attached hydrogen (secondary N) is 2. The minimum absolute atomic E-state index is 0.250. The second kappa shape index (κ2) is 6.93. The van der Waals surface area contributed by atoms with Gasteiger partial charge in [0.05, 0.1) is 11.8 Å². The van der Waals surface area contributed by atoms with Crippen LogP contribution in [0.4, 0.5) is 4.39 Å². The Kier molecular flexibility index (Phi) is 4.97. The van der Waals surface area contributed by atoms with Crippen molar-refractivity contribution < 1.29 is 9.50 Å². The van der Waals surface area contributed by atoms with Crippen LogP contribution in [0.1, 0.15) is 11.3 Å². The Bertz CT molecular complexity index is 595. The first-order valence-electron chi connectivity index (χ1n) is 6.31. The number of aromatic nitrogens is 2. The number of hydrogen-bond acceptors (Lipinski definition) is 4. The van der Waals surface area contributed by atoms with E-state index in [4.69, 9.17) is 0 Å². The molecule has 1 heterocycles. The van der Waals surface area contributed by atoms with Crippen LogP contribution >= 0.6 is 0 Å². The fourth-order valence-corrected chi connectivity index (χ4v) is 1.85. The number of aliphatic hydroxyl groups excluding tert-OH is 1. The van der Waals surface area contributed by atoms with Gasteiger partial charge in [-0.05, 0) is 30.2 Å². The zero-order valence-corrected chi connectivity index (χ0v) is 10.8. The van der Waals surface area contributed by atoms with Crippen LogP contribution < -0.4 is 10.9 Å². The van der Waals surface area contributed by atoms with Gasteiger partial charge in [0, 0.05) is 19.2 Å². The van der Waals surface area contributed by atoms with Crippen molar-refractivity contribution in [1.82, 2.24) is 15.5 Å². The maximum Gasteiger partial charge on any atom is 0.264 e. The normalized spacial score (nSPS) is 12.3. The van der Waals surface area contributed by atoms with Gasteiger partial charge in [0.25, 0.3) is 5.56 Å². The fraction of sp³-hybridized carbons (Fsp3) is 0.286. The molecule has 1 unspecified atom stereocenters. The molecule has 0 radical (unpaired) electrons. The molecular weight excluding hydrogens is 261 g/mol. The van der Waals surface area contributed by atoms with Gasteiger partial charge < -0.3 is 10.4 Å². The highest BCUT2D eigenvalue weighted by Crippen LogP contribution is 2.06. The van der Waals surface area contributed by atoms with Crippen molar-refractivity contribution in [2.45, 2.75) is 19.1 Å². The molecule has 6 heteroatoms. The zero-order chi connectivity index (χ0) is 14.4. The van der Waals surface area contributed by atoms with E-state index in [0.29, 0.717) is 25.2 Å². The van der Waals surface area contributed by atoms with Gasteiger partial charge in [-0.2, -0.15) is 5.10 Å². The first-order valence-corrected chi connectivity index (χ1v) is 6.31. The zero-order valence-electron chi connectivity index (χ0n) is 10.8. The summed E-state index contributed by atoms with van der Waals surface area (Å²) in [4.78, 5) is 10.8. The smallest absolute Gasteiger partial charge is 0.264 e. The number of benzene rings is 1. The van der Waals surface area contributed by atoms with Crippen LogP contribution in [0, 0.1) is 5.82 Å². The van der Waals surface area contributed by atoms with E-state index in [2.05, 4.69) is 15.5 Å². The third-order valence-electron chi connectivity index (χ3n) is 2.78. The van der Waals surface area contributed by atoms with E-state index in [1.807, 2.05) is 0 Å². The molecule has 106 valence electrons. The van der Waals surface area contributed by atoms with Gasteiger partial charge in [-0.15, -0.1) is 0 Å². The summed E-state index contributed by atoms with van der Waals surface area (Å²) in [7, 11) is 0. The lowest BCUT2D eigenvalue weighted by molar-refractivity contribution is 0.171. The molecule has 1 aromatic carbocycles. The first kappa shape index (κ1) is 14.4. The van der Waals surface area contributed by atoms with Crippen molar-refractivity contribution in [2.75, 3.05) is 6.54 Å². The molecule has 1 aromatic heterocycles. The Morgan fingerprint density at radius 3 is 2.90 bits per heavy atom. The summed E-state index contributed by atoms with van der Waals surface area (Å²) in [6.45, 7) is 0.800. The van der Waals surface area contributed by atoms with Gasteiger partial charge in [-0.25, -0.2) is 9.49 Å². The minimum Gasteiger partial charge on any atom is -0.391 e. The second-order valence-electron chi connectivity index (χ2n) is 4.53. The van der Waals surface area contributed by atoms with Crippen LogP contribution in [0.25, 0.3) is 0 Å². The van der Waals surface area contributed by atoms with Crippen molar-refractivity contribution in [2.24, 2.45) is 0 Å². The van der Waals surface area contributed by atoms with Crippen LogP contribution in [-0.4, -0.2) is 28.0 Å². The van der Waals surface area contributed by atoms with Crippen LogP contribution in [0.3, 0.4) is 0 Å². The highest BCUT2D eigenvalue weighted by molar-refractivity contribution is 5.17. The number of aromatic amines is 1. The predicted molar refractivity (Wildman–Crippen MR) is 72.7 cm³/mol. The molecule has 0 bridgehead atoms. The second-order valence-corrected chi connectivity index (χ2v) is 4.53. The molecule has 2 rings (SSSR count). The summed E-state index contributed by atoms with van der Waals surface area (Å²) in [5.41, 5.74) is 1.18. The van der Waals surface area contributed by atoms with E-state index in [1.165, 1.54) is 18.2 Å². The molecule has 0 saturated carbocycles. The van der Waals surface area contributed by atoms with Crippen LogP contribution in [0.2, 0.25) is 0 Å². The lowest BCUT2D eigenvalue weighted by Gasteiger charge is -2.11. The molecule has 20 heavy (non-hydrogen) atoms. The highest BCUT2D eigenvalue weighted by atomic mass is 19.1. The molecule has 0 aliphatic rings. The molecule has 5 nitrogen and oxygen atoms in total. The molecule has 0 amide bonds. The van der Waals surface area contributed by atoms with Crippen LogP contribution in [0.5, 0.6) is 0 Å². The summed E-state index contributed by atoms with van der Waals surface area (Å²) < 4.78 is 13.0. The molecule has 0 spiro atoms. The summed E-state index contributed by atoms with van der Waals surface area (Å²) >= 11 is 0.